The van der Waals surface area contributed by atoms with Crippen LogP contribution in [0.2, 0.25) is 0 Å². The molecular weight excluding hydrogens is 592 g/mol. The summed E-state index contributed by atoms with van der Waals surface area (Å²) in [4.78, 5) is 44.1. The van der Waals surface area contributed by atoms with Crippen molar-refractivity contribution < 1.29 is 23.8 Å². The van der Waals surface area contributed by atoms with E-state index in [0.29, 0.717) is 26.3 Å². The number of hydrogen-bond donors (Lipinski definition) is 0. The molecule has 0 spiro atoms. The van der Waals surface area contributed by atoms with Gasteiger partial charge in [-0.05, 0) is 42.8 Å². The number of fused-ring (bicyclic) bond motifs is 1. The van der Waals surface area contributed by atoms with Crippen LogP contribution in [0.15, 0.2) is 106 Å². The van der Waals surface area contributed by atoms with Gasteiger partial charge in [-0.25, -0.2) is 14.5 Å². The number of benzene rings is 3. The number of allylic oxidation sites excluding steroid dienone is 1. The normalized spacial score (nSPS) is 14.5. The smallest absolute Gasteiger partial charge is 0.338 e. The third-order valence-corrected chi connectivity index (χ3v) is 8.26. The van der Waals surface area contributed by atoms with E-state index < -0.39 is 18.0 Å². The molecule has 5 aromatic rings. The van der Waals surface area contributed by atoms with Gasteiger partial charge in [0, 0.05) is 24.2 Å². The van der Waals surface area contributed by atoms with Gasteiger partial charge in [-0.3, -0.25) is 14.2 Å². The summed E-state index contributed by atoms with van der Waals surface area (Å²) < 4.78 is 19.6. The van der Waals surface area contributed by atoms with Crippen LogP contribution in [-0.4, -0.2) is 40.5 Å². The zero-order chi connectivity index (χ0) is 31.7. The number of carbonyl (C=O) groups is 2. The molecule has 1 aliphatic heterocycles. The minimum Gasteiger partial charge on any atom is -0.493 e. The van der Waals surface area contributed by atoms with Crippen LogP contribution in [0.4, 0.5) is 0 Å². The van der Waals surface area contributed by atoms with Crippen molar-refractivity contribution in [3.8, 4) is 28.4 Å². The number of para-hydroxylation sites is 1. The first-order chi connectivity index (χ1) is 21.8. The number of esters is 2. The molecule has 0 radical (unpaired) electrons. The minimum absolute atomic E-state index is 0.209. The fraction of sp³-hybridized carbons (Fsp3) is 0.147. The summed E-state index contributed by atoms with van der Waals surface area (Å²) in [5.74, 6) is -0.644. The Morgan fingerprint density at radius 2 is 1.67 bits per heavy atom. The molecule has 0 saturated carbocycles. The van der Waals surface area contributed by atoms with Crippen molar-refractivity contribution in [2.75, 3.05) is 14.2 Å². The van der Waals surface area contributed by atoms with Crippen molar-refractivity contribution in [2.45, 2.75) is 19.9 Å². The maximum absolute atomic E-state index is 14.2. The molecule has 0 amide bonds. The third kappa shape index (κ3) is 5.61. The van der Waals surface area contributed by atoms with Gasteiger partial charge in [-0.1, -0.05) is 65.9 Å². The quantitative estimate of drug-likeness (QED) is 0.198. The topological polar surface area (TPSA) is 114 Å². The van der Waals surface area contributed by atoms with Gasteiger partial charge in [-0.2, -0.15) is 5.10 Å². The molecule has 11 heteroatoms. The predicted octanol–water partition coefficient (Wildman–Crippen LogP) is 4.19. The van der Waals surface area contributed by atoms with Crippen LogP contribution in [0.5, 0.6) is 11.5 Å². The molecule has 45 heavy (non-hydrogen) atoms. The number of methoxy groups -OCH3 is 2. The van der Waals surface area contributed by atoms with Crippen LogP contribution in [0.25, 0.3) is 23.0 Å². The third-order valence-electron chi connectivity index (χ3n) is 7.28. The summed E-state index contributed by atoms with van der Waals surface area (Å²) in [7, 11) is 2.73. The van der Waals surface area contributed by atoms with Gasteiger partial charge in [-0.15, -0.1) is 0 Å². The molecular formula is C34H28N4O6S. The van der Waals surface area contributed by atoms with Crippen LogP contribution >= 0.6 is 11.3 Å². The number of thiazole rings is 1. The molecule has 0 unspecified atom stereocenters. The van der Waals surface area contributed by atoms with Crippen molar-refractivity contribution >= 4 is 29.4 Å². The Labute approximate surface area is 261 Å². The highest BCUT2D eigenvalue weighted by molar-refractivity contribution is 7.07. The highest BCUT2D eigenvalue weighted by atomic mass is 32.1. The van der Waals surface area contributed by atoms with E-state index in [9.17, 15) is 14.4 Å². The summed E-state index contributed by atoms with van der Waals surface area (Å²) in [6.07, 6.45) is 3.69. The number of rotatable bonds is 7. The molecule has 3 heterocycles. The van der Waals surface area contributed by atoms with E-state index in [1.807, 2.05) is 66.9 Å². The lowest BCUT2D eigenvalue weighted by atomic mass is 9.95. The molecule has 10 nitrogen and oxygen atoms in total. The van der Waals surface area contributed by atoms with E-state index in [1.165, 1.54) is 37.0 Å². The first-order valence-electron chi connectivity index (χ1n) is 14.0. The maximum Gasteiger partial charge on any atom is 0.338 e. The number of ether oxygens (including phenoxy) is 3. The molecule has 0 bridgehead atoms. The standard InChI is InChI=1S/C34H28N4O6S/c1-20-29(33(41)43-4)31(23-15-16-26(44-21(2)39)27(17-23)42-3)38-32(40)28(45-34(38)35-20)18-24-19-37(25-13-9-6-10-14-25)36-30(24)22-11-7-5-8-12-22/h5-19,31H,1-4H3/b28-18-/t31-/m0/s1. The van der Waals surface area contributed by atoms with E-state index >= 15 is 0 Å². The van der Waals surface area contributed by atoms with Gasteiger partial charge in [0.15, 0.2) is 16.3 Å². The van der Waals surface area contributed by atoms with E-state index in [1.54, 1.807) is 35.9 Å². The van der Waals surface area contributed by atoms with Crippen molar-refractivity contribution in [1.82, 2.24) is 14.3 Å². The SMILES string of the molecule is COC(=O)C1=C(C)N=c2s/c(=C\c3cn(-c4ccccc4)nc3-c3ccccc3)c(=O)n2[C@H]1c1ccc(OC(C)=O)c(OC)c1. The van der Waals surface area contributed by atoms with Crippen molar-refractivity contribution in [3.63, 3.8) is 0 Å². The maximum atomic E-state index is 14.2. The van der Waals surface area contributed by atoms with Crippen LogP contribution in [0.3, 0.4) is 0 Å². The number of aromatic nitrogens is 3. The first-order valence-corrected chi connectivity index (χ1v) is 14.8. The van der Waals surface area contributed by atoms with E-state index in [-0.39, 0.29) is 22.6 Å². The minimum atomic E-state index is -0.878. The zero-order valence-electron chi connectivity index (χ0n) is 24.9. The second kappa shape index (κ2) is 12.2. The van der Waals surface area contributed by atoms with Gasteiger partial charge < -0.3 is 14.2 Å². The summed E-state index contributed by atoms with van der Waals surface area (Å²) in [5.41, 5.74) is 4.06. The van der Waals surface area contributed by atoms with Crippen LogP contribution in [0, 0.1) is 0 Å². The number of carbonyl (C=O) groups excluding carboxylic acids is 2. The Hall–Kier alpha value is -5.55. The fourth-order valence-electron chi connectivity index (χ4n) is 5.27. The van der Waals surface area contributed by atoms with Crippen LogP contribution in [0.1, 0.15) is 31.0 Å². The van der Waals surface area contributed by atoms with Crippen molar-refractivity contribution in [3.05, 3.63) is 127 Å². The predicted molar refractivity (Wildman–Crippen MR) is 169 cm³/mol. The molecule has 2 aromatic heterocycles. The van der Waals surface area contributed by atoms with E-state index in [0.717, 1.165) is 16.8 Å². The highest BCUT2D eigenvalue weighted by Gasteiger charge is 2.34. The average molecular weight is 621 g/mol. The molecule has 226 valence electrons. The van der Waals surface area contributed by atoms with Crippen LogP contribution in [-0.2, 0) is 14.3 Å². The Kier molecular flexibility index (Phi) is 8.01. The average Bonchev–Trinajstić information content (AvgIpc) is 3.61. The molecule has 0 aliphatic carbocycles. The molecule has 1 aliphatic rings. The van der Waals surface area contributed by atoms with Gasteiger partial charge in [0.2, 0.25) is 0 Å². The molecule has 0 saturated heterocycles. The lowest BCUT2D eigenvalue weighted by Crippen LogP contribution is -2.39. The summed E-state index contributed by atoms with van der Waals surface area (Å²) in [5, 5.41) is 4.87. The largest absolute Gasteiger partial charge is 0.493 e. The second-order valence-corrected chi connectivity index (χ2v) is 11.2. The Morgan fingerprint density at radius 3 is 2.33 bits per heavy atom. The number of hydrogen-bond acceptors (Lipinski definition) is 9. The summed E-state index contributed by atoms with van der Waals surface area (Å²) in [6.45, 7) is 3.00. The van der Waals surface area contributed by atoms with Crippen molar-refractivity contribution in [2.24, 2.45) is 4.99 Å². The van der Waals surface area contributed by atoms with Crippen molar-refractivity contribution in [1.29, 1.82) is 0 Å². The highest BCUT2D eigenvalue weighted by Crippen LogP contribution is 2.36. The second-order valence-electron chi connectivity index (χ2n) is 10.2. The number of nitrogens with zero attached hydrogens (tertiary/aromatic N) is 4. The summed E-state index contributed by atoms with van der Waals surface area (Å²) in [6, 6.07) is 23.5. The fourth-order valence-corrected chi connectivity index (χ4v) is 6.31. The van der Waals surface area contributed by atoms with E-state index in [4.69, 9.17) is 19.3 Å². The molecule has 0 fully saturated rings. The van der Waals surface area contributed by atoms with Crippen LogP contribution < -0.4 is 24.4 Å². The molecule has 0 N–H and O–H groups in total. The zero-order valence-corrected chi connectivity index (χ0v) is 25.7. The molecule has 3 aromatic carbocycles. The Morgan fingerprint density at radius 1 is 0.956 bits per heavy atom. The van der Waals surface area contributed by atoms with Gasteiger partial charge in [0.1, 0.15) is 0 Å². The lowest BCUT2D eigenvalue weighted by molar-refractivity contribution is -0.136. The lowest BCUT2D eigenvalue weighted by Gasteiger charge is -2.25. The van der Waals surface area contributed by atoms with Gasteiger partial charge in [0.25, 0.3) is 5.56 Å². The monoisotopic (exact) mass is 620 g/mol. The molecule has 1 atom stereocenters. The Bertz CT molecular complexity index is 2150. The summed E-state index contributed by atoms with van der Waals surface area (Å²) >= 11 is 1.22. The first kappa shape index (κ1) is 29.5. The van der Waals surface area contributed by atoms with Gasteiger partial charge in [0.05, 0.1) is 47.4 Å². The molecule has 6 rings (SSSR count). The van der Waals surface area contributed by atoms with E-state index in [2.05, 4.69) is 4.99 Å². The Balaban J connectivity index is 1.56. The van der Waals surface area contributed by atoms with Gasteiger partial charge >= 0.3 is 11.9 Å².